The number of hydrogen-bond donors (Lipinski definition) is 3. The average molecular weight is 1460 g/mol. The number of methoxy groups -OCH3 is 1. The fraction of sp³-hybridized carbons (Fsp3) is 0.595. The Bertz CT molecular complexity index is 3590. The number of benzene rings is 3. The van der Waals surface area contributed by atoms with E-state index in [0.717, 1.165) is 37.3 Å². The van der Waals surface area contributed by atoms with Gasteiger partial charge in [0, 0.05) is 82.8 Å². The summed E-state index contributed by atoms with van der Waals surface area (Å²) in [5.41, 5.74) is -0.515. The van der Waals surface area contributed by atoms with Gasteiger partial charge in [0.15, 0.2) is 0 Å². The minimum atomic E-state index is -4.80. The Kier molecular flexibility index (Phi) is 28.7. The van der Waals surface area contributed by atoms with E-state index in [0.29, 0.717) is 42.6 Å². The molecule has 2 heterocycles. The molecule has 11 atom stereocenters. The summed E-state index contributed by atoms with van der Waals surface area (Å²) in [6, 6.07) is 4.90. The minimum absolute atomic E-state index is 0.0696. The zero-order chi connectivity index (χ0) is 77.0. The highest BCUT2D eigenvalue weighted by Gasteiger charge is 2.51. The number of amides is 12. The number of nitrogens with zero attached hydrogens (tertiary/aromatic N) is 9. The molecule has 12 amide bonds. The van der Waals surface area contributed by atoms with Crippen molar-refractivity contribution in [3.63, 3.8) is 0 Å². The Hall–Kier alpha value is -8.82. The molecule has 2 aliphatic heterocycles. The lowest BCUT2D eigenvalue weighted by Crippen LogP contribution is -2.65. The van der Waals surface area contributed by atoms with Gasteiger partial charge in [-0.3, -0.25) is 57.5 Å². The maximum Gasteiger partial charge on any atom is 0.417 e. The summed E-state index contributed by atoms with van der Waals surface area (Å²) in [7, 11) is 13.9. The SMILES string of the molecule is CC[C@H](C)[C@@H]1NC(=O)[C@H](C)N(C)C(=O)C[C@@H](C(=O)N(C)C)N(C)C(=O)[C@H]([C@@H](C)CC)N(C)C(=O)C2(CCCC2)NC(=O)[C@H](Cc2ccc(OC)cc2)N(C)C(=O)[C@H](CCc2ccc(C(F)(F)F)c(Cl)c2)NC(=O)CN(C)C(=O)[C@H](Cc2ccc(C)cc2)N(C)C(=O)[C@@H]2CCN2C(=O)[C@H](C)N(C)C1=O. The summed E-state index contributed by atoms with van der Waals surface area (Å²) in [6.45, 7) is 11.2. The Morgan fingerprint density at radius 1 is 0.660 bits per heavy atom. The number of carbonyl (C=O) groups excluding carboxylic acids is 12. The molecule has 29 heteroatoms. The van der Waals surface area contributed by atoms with E-state index in [1.807, 2.05) is 19.1 Å². The first-order valence-electron chi connectivity index (χ1n) is 35.1. The van der Waals surface area contributed by atoms with E-state index in [-0.39, 0.29) is 57.1 Å². The fourth-order valence-electron chi connectivity index (χ4n) is 13.4. The van der Waals surface area contributed by atoms with Gasteiger partial charge >= 0.3 is 6.18 Å². The van der Waals surface area contributed by atoms with Crippen molar-refractivity contribution in [2.75, 3.05) is 83.6 Å². The molecule has 1 spiro atoms. The van der Waals surface area contributed by atoms with Crippen molar-refractivity contribution in [1.29, 1.82) is 0 Å². The van der Waals surface area contributed by atoms with E-state index >= 15 is 24.0 Å². The summed E-state index contributed by atoms with van der Waals surface area (Å²) in [5, 5.41) is 7.94. The Morgan fingerprint density at radius 2 is 1.22 bits per heavy atom. The van der Waals surface area contributed by atoms with Crippen LogP contribution in [0.4, 0.5) is 13.2 Å². The van der Waals surface area contributed by atoms with Crippen molar-refractivity contribution in [1.82, 2.24) is 60.0 Å². The van der Waals surface area contributed by atoms with E-state index in [2.05, 4.69) is 16.0 Å². The Labute approximate surface area is 607 Å². The van der Waals surface area contributed by atoms with Crippen LogP contribution in [0, 0.1) is 18.8 Å². The van der Waals surface area contributed by atoms with Crippen LogP contribution >= 0.6 is 11.6 Å². The average Bonchev–Trinajstić information content (AvgIpc) is 1.56. The number of hydrogen-bond acceptors (Lipinski definition) is 13. The molecule has 0 unspecified atom stereocenters. The highest BCUT2D eigenvalue weighted by Crippen LogP contribution is 2.37. The topological polar surface area (TPSA) is 279 Å². The fourth-order valence-corrected chi connectivity index (χ4v) is 13.7. The number of likely N-dealkylation sites (N-methyl/N-ethyl adjacent to an activating group) is 8. The van der Waals surface area contributed by atoms with Crippen molar-refractivity contribution in [3.05, 3.63) is 99.6 Å². The summed E-state index contributed by atoms with van der Waals surface area (Å²) >= 11 is 6.19. The largest absolute Gasteiger partial charge is 0.497 e. The maximum atomic E-state index is 15.6. The van der Waals surface area contributed by atoms with Gasteiger partial charge < -0.3 is 64.8 Å². The van der Waals surface area contributed by atoms with Gasteiger partial charge in [-0.15, -0.1) is 0 Å². The second-order valence-corrected chi connectivity index (χ2v) is 28.7. The van der Waals surface area contributed by atoms with Gasteiger partial charge in [-0.1, -0.05) is 113 Å². The van der Waals surface area contributed by atoms with Crippen LogP contribution in [0.25, 0.3) is 0 Å². The third-order valence-electron chi connectivity index (χ3n) is 21.1. The lowest BCUT2D eigenvalue weighted by Gasteiger charge is -2.45. The molecule has 103 heavy (non-hydrogen) atoms. The molecular formula is C74H104ClF3N12O13. The highest BCUT2D eigenvalue weighted by atomic mass is 35.5. The molecular weight excluding hydrogens is 1360 g/mol. The zero-order valence-electron chi connectivity index (χ0n) is 62.4. The number of ether oxygens (including phenoxy) is 1. The second-order valence-electron chi connectivity index (χ2n) is 28.3. The van der Waals surface area contributed by atoms with E-state index in [9.17, 15) is 46.7 Å². The van der Waals surface area contributed by atoms with E-state index in [4.69, 9.17) is 16.3 Å². The van der Waals surface area contributed by atoms with Gasteiger partial charge in [0.1, 0.15) is 65.7 Å². The predicted molar refractivity (Wildman–Crippen MR) is 380 cm³/mol. The summed E-state index contributed by atoms with van der Waals surface area (Å²) in [6.07, 6.45) is -4.25. The van der Waals surface area contributed by atoms with Crippen LogP contribution in [0.2, 0.25) is 5.02 Å². The van der Waals surface area contributed by atoms with Gasteiger partial charge in [0.25, 0.3) is 0 Å². The monoisotopic (exact) mass is 1460 g/mol. The Balaban J connectivity index is 1.49. The number of carbonyl (C=O) groups is 12. The number of halogens is 4. The summed E-state index contributed by atoms with van der Waals surface area (Å²) in [4.78, 5) is 190. The predicted octanol–water partition coefficient (Wildman–Crippen LogP) is 5.14. The standard InChI is InChI=1S/C74H104ClF3N12O13/c1-18-44(4)61-70(100)85(12)47(7)65(95)90-37-34-55(90)69(99)87(14)57(40-49-24-22-43(3)23-25-49)68(98)83(10)42-59(91)79-54(33-29-48-28-32-52(53(75)38-48)74(76,77)78)66(96)86(13)56(39-50-26-30-51(103-17)31-27-50)64(94)81-73(35-20-21-36-73)72(102)89(16)62(45(5)19-2)71(101)88(15)58(67(97)82(8)9)41-60(92)84(11)46(6)63(93)80-61/h22-28,30-32,38,44-47,54-58,61-62H,18-21,29,33-37,39-42H2,1-17H3,(H,79,91)(H,80,93)(H,81,94)/t44-,45-,46-,47-,54-,55-,56-,57-,58-,61-,62-/m0/s1. The van der Waals surface area contributed by atoms with Crippen LogP contribution in [-0.2, 0) is 83.0 Å². The van der Waals surface area contributed by atoms with Crippen molar-refractivity contribution in [2.24, 2.45) is 11.8 Å². The molecule has 3 aliphatic rings. The zero-order valence-corrected chi connectivity index (χ0v) is 63.2. The van der Waals surface area contributed by atoms with Crippen molar-refractivity contribution in [3.8, 4) is 5.75 Å². The summed E-state index contributed by atoms with van der Waals surface area (Å²) in [5.74, 6) is -9.45. The normalized spacial score (nSPS) is 24.9. The van der Waals surface area contributed by atoms with Crippen LogP contribution in [-0.4, -0.2) is 259 Å². The molecule has 3 aromatic rings. The van der Waals surface area contributed by atoms with E-state index < -0.39 is 172 Å². The van der Waals surface area contributed by atoms with Crippen LogP contribution in [0.1, 0.15) is 127 Å². The number of alkyl halides is 3. The number of nitrogens with one attached hydrogen (secondary N) is 3. The van der Waals surface area contributed by atoms with Crippen LogP contribution in [0.5, 0.6) is 5.75 Å². The highest BCUT2D eigenvalue weighted by molar-refractivity contribution is 6.31. The van der Waals surface area contributed by atoms with Crippen LogP contribution in [0.3, 0.4) is 0 Å². The van der Waals surface area contributed by atoms with Gasteiger partial charge in [0.2, 0.25) is 70.9 Å². The molecule has 566 valence electrons. The third-order valence-corrected chi connectivity index (χ3v) is 21.4. The minimum Gasteiger partial charge on any atom is -0.497 e. The van der Waals surface area contributed by atoms with Crippen LogP contribution < -0.4 is 20.7 Å². The molecule has 3 aromatic carbocycles. The number of rotatable bonds is 13. The van der Waals surface area contributed by atoms with Gasteiger partial charge in [-0.25, -0.2) is 0 Å². The number of fused-ring (bicyclic) bond motifs is 1. The number of aryl methyl sites for hydroxylation is 2. The molecule has 6 rings (SSSR count). The molecule has 0 bridgehead atoms. The molecule has 3 fully saturated rings. The van der Waals surface area contributed by atoms with E-state index in [1.165, 1.54) is 115 Å². The third kappa shape index (κ3) is 19.7. The molecule has 2 saturated heterocycles. The molecule has 3 N–H and O–H groups in total. The first-order chi connectivity index (χ1) is 48.2. The quantitative estimate of drug-likeness (QED) is 0.200. The van der Waals surface area contributed by atoms with Gasteiger partial charge in [0.05, 0.1) is 30.7 Å². The summed E-state index contributed by atoms with van der Waals surface area (Å²) < 4.78 is 47.3. The van der Waals surface area contributed by atoms with Gasteiger partial charge in [-0.2, -0.15) is 13.2 Å². The second kappa shape index (κ2) is 35.6. The maximum absolute atomic E-state index is 15.6. The Morgan fingerprint density at radius 3 is 1.76 bits per heavy atom. The van der Waals surface area contributed by atoms with E-state index in [1.54, 1.807) is 64.1 Å². The first kappa shape index (κ1) is 83.1. The molecule has 0 aromatic heterocycles. The van der Waals surface area contributed by atoms with Crippen molar-refractivity contribution < 1.29 is 75.4 Å². The smallest absolute Gasteiger partial charge is 0.417 e. The van der Waals surface area contributed by atoms with Crippen LogP contribution in [0.15, 0.2) is 66.7 Å². The van der Waals surface area contributed by atoms with Crippen molar-refractivity contribution in [2.45, 2.75) is 192 Å². The first-order valence-corrected chi connectivity index (χ1v) is 35.5. The lowest BCUT2D eigenvalue weighted by atomic mass is 9.90. The van der Waals surface area contributed by atoms with Gasteiger partial charge in [-0.05, 0) is 106 Å². The molecule has 25 nitrogen and oxygen atoms in total. The van der Waals surface area contributed by atoms with Crippen molar-refractivity contribution >= 4 is 82.5 Å². The molecule has 1 aliphatic carbocycles. The molecule has 0 radical (unpaired) electrons. The molecule has 1 saturated carbocycles. The lowest BCUT2D eigenvalue weighted by molar-refractivity contribution is -0.160.